The summed E-state index contributed by atoms with van der Waals surface area (Å²) in [5.74, 6) is 0.173. The minimum atomic E-state index is -0.282. The van der Waals surface area contributed by atoms with Crippen molar-refractivity contribution in [1.29, 1.82) is 0 Å². The first-order valence-electron chi connectivity index (χ1n) is 8.18. The lowest BCUT2D eigenvalue weighted by atomic mass is 10.0. The van der Waals surface area contributed by atoms with Crippen molar-refractivity contribution in [3.8, 4) is 0 Å². The topological polar surface area (TPSA) is 69.6 Å². The van der Waals surface area contributed by atoms with Gasteiger partial charge in [0.05, 0.1) is 12.1 Å². The molecule has 0 spiro atoms. The first kappa shape index (κ1) is 17.6. The van der Waals surface area contributed by atoms with Gasteiger partial charge in [-0.2, -0.15) is 0 Å². The average Bonchev–Trinajstić information content (AvgIpc) is 2.92. The standard InChI is InChI=1S/C18H26N2O3/c1-12(20(3)11-15-5-4-6-17(15)22)18(23)19-16-9-7-14(8-10-16)13(2)21/h7-10,12,15,17,22H,4-6,11H2,1-3H3,(H,19,23). The number of anilines is 1. The van der Waals surface area contributed by atoms with E-state index in [2.05, 4.69) is 5.32 Å². The van der Waals surface area contributed by atoms with Gasteiger partial charge in [0, 0.05) is 17.8 Å². The maximum Gasteiger partial charge on any atom is 0.241 e. The third kappa shape index (κ3) is 4.62. The molecule has 1 aliphatic carbocycles. The van der Waals surface area contributed by atoms with Gasteiger partial charge in [-0.05, 0) is 63.9 Å². The quantitative estimate of drug-likeness (QED) is 0.790. The van der Waals surface area contributed by atoms with E-state index in [1.54, 1.807) is 24.3 Å². The highest BCUT2D eigenvalue weighted by molar-refractivity contribution is 5.96. The second-order valence-corrected chi connectivity index (χ2v) is 6.50. The molecule has 2 rings (SSSR count). The molecule has 1 amide bonds. The van der Waals surface area contributed by atoms with E-state index in [1.807, 2.05) is 18.9 Å². The molecule has 3 unspecified atom stereocenters. The van der Waals surface area contributed by atoms with Gasteiger partial charge in [-0.1, -0.05) is 6.42 Å². The lowest BCUT2D eigenvalue weighted by Crippen LogP contribution is -2.43. The third-order valence-electron chi connectivity index (χ3n) is 4.74. The van der Waals surface area contributed by atoms with Gasteiger partial charge in [0.2, 0.25) is 5.91 Å². The number of hydrogen-bond donors (Lipinski definition) is 2. The maximum atomic E-state index is 12.3. The van der Waals surface area contributed by atoms with Crippen molar-refractivity contribution in [2.24, 2.45) is 5.92 Å². The van der Waals surface area contributed by atoms with Gasteiger partial charge in [0.15, 0.2) is 5.78 Å². The molecule has 0 radical (unpaired) electrons. The Morgan fingerprint density at radius 1 is 1.30 bits per heavy atom. The van der Waals surface area contributed by atoms with Crippen LogP contribution < -0.4 is 5.32 Å². The Bertz CT molecular complexity index is 556. The van der Waals surface area contributed by atoms with Crippen molar-refractivity contribution >= 4 is 17.4 Å². The Labute approximate surface area is 137 Å². The van der Waals surface area contributed by atoms with Crippen molar-refractivity contribution in [1.82, 2.24) is 4.90 Å². The molecular formula is C18H26N2O3. The maximum absolute atomic E-state index is 12.3. The van der Waals surface area contributed by atoms with Crippen molar-refractivity contribution in [3.63, 3.8) is 0 Å². The van der Waals surface area contributed by atoms with Crippen LogP contribution in [0.3, 0.4) is 0 Å². The summed E-state index contributed by atoms with van der Waals surface area (Å²) in [4.78, 5) is 25.6. The Hall–Kier alpha value is -1.72. The molecule has 23 heavy (non-hydrogen) atoms. The van der Waals surface area contributed by atoms with Crippen molar-refractivity contribution < 1.29 is 14.7 Å². The van der Waals surface area contributed by atoms with E-state index in [4.69, 9.17) is 0 Å². The van der Waals surface area contributed by atoms with Crippen LogP contribution >= 0.6 is 0 Å². The highest BCUT2D eigenvalue weighted by atomic mass is 16.3. The molecule has 1 aliphatic rings. The van der Waals surface area contributed by atoms with Crippen LogP contribution in [0.4, 0.5) is 5.69 Å². The third-order valence-corrected chi connectivity index (χ3v) is 4.74. The molecular weight excluding hydrogens is 292 g/mol. The first-order valence-corrected chi connectivity index (χ1v) is 8.18. The van der Waals surface area contributed by atoms with Gasteiger partial charge >= 0.3 is 0 Å². The molecule has 0 aliphatic heterocycles. The molecule has 5 nitrogen and oxygen atoms in total. The zero-order valence-electron chi connectivity index (χ0n) is 14.1. The Balaban J connectivity index is 1.89. The molecule has 1 fully saturated rings. The average molecular weight is 318 g/mol. The number of likely N-dealkylation sites (N-methyl/N-ethyl adjacent to an activating group) is 1. The van der Waals surface area contributed by atoms with Crippen LogP contribution in [0.25, 0.3) is 0 Å². The first-order chi connectivity index (χ1) is 10.9. The van der Waals surface area contributed by atoms with Gasteiger partial charge in [-0.3, -0.25) is 14.5 Å². The largest absolute Gasteiger partial charge is 0.393 e. The molecule has 2 N–H and O–H groups in total. The number of benzene rings is 1. The molecule has 1 aromatic carbocycles. The van der Waals surface area contributed by atoms with E-state index >= 15 is 0 Å². The minimum Gasteiger partial charge on any atom is -0.393 e. The van der Waals surface area contributed by atoms with Gasteiger partial charge in [0.25, 0.3) is 0 Å². The zero-order valence-corrected chi connectivity index (χ0v) is 14.1. The summed E-state index contributed by atoms with van der Waals surface area (Å²) in [6.07, 6.45) is 2.70. The number of nitrogens with zero attached hydrogens (tertiary/aromatic N) is 1. The molecule has 0 aromatic heterocycles. The number of carbonyl (C=O) groups is 2. The molecule has 0 saturated heterocycles. The summed E-state index contributed by atoms with van der Waals surface area (Å²) in [5, 5.41) is 12.8. The predicted molar refractivity (Wildman–Crippen MR) is 90.5 cm³/mol. The van der Waals surface area contributed by atoms with Crippen LogP contribution in [-0.2, 0) is 4.79 Å². The Morgan fingerprint density at radius 2 is 1.96 bits per heavy atom. The monoisotopic (exact) mass is 318 g/mol. The van der Waals surface area contributed by atoms with Crippen LogP contribution in [0.2, 0.25) is 0 Å². The lowest BCUT2D eigenvalue weighted by molar-refractivity contribution is -0.120. The van der Waals surface area contributed by atoms with Gasteiger partial charge in [0.1, 0.15) is 0 Å². The number of aliphatic hydroxyl groups is 1. The summed E-state index contributed by atoms with van der Waals surface area (Å²) in [5.41, 5.74) is 1.31. The van der Waals surface area contributed by atoms with Crippen LogP contribution in [0.15, 0.2) is 24.3 Å². The van der Waals surface area contributed by atoms with E-state index in [-0.39, 0.29) is 29.8 Å². The second kappa shape index (κ2) is 7.70. The Morgan fingerprint density at radius 3 is 2.48 bits per heavy atom. The van der Waals surface area contributed by atoms with Crippen molar-refractivity contribution in [2.45, 2.75) is 45.3 Å². The van der Waals surface area contributed by atoms with Crippen molar-refractivity contribution in [3.05, 3.63) is 29.8 Å². The summed E-state index contributed by atoms with van der Waals surface area (Å²) in [6, 6.07) is 6.61. The minimum absolute atomic E-state index is 0.00565. The summed E-state index contributed by atoms with van der Waals surface area (Å²) < 4.78 is 0. The van der Waals surface area contributed by atoms with E-state index in [0.29, 0.717) is 11.3 Å². The fourth-order valence-electron chi connectivity index (χ4n) is 2.99. The van der Waals surface area contributed by atoms with Crippen LogP contribution in [0.5, 0.6) is 0 Å². The number of rotatable bonds is 6. The van der Waals surface area contributed by atoms with Crippen molar-refractivity contribution in [2.75, 3.05) is 18.9 Å². The second-order valence-electron chi connectivity index (χ2n) is 6.50. The summed E-state index contributed by atoms with van der Waals surface area (Å²) >= 11 is 0. The highest BCUT2D eigenvalue weighted by Crippen LogP contribution is 2.26. The normalized spacial score (nSPS) is 22.1. The molecule has 5 heteroatoms. The molecule has 1 saturated carbocycles. The molecule has 1 aromatic rings. The Kier molecular flexibility index (Phi) is 5.91. The number of carbonyl (C=O) groups excluding carboxylic acids is 2. The highest BCUT2D eigenvalue weighted by Gasteiger charge is 2.28. The van der Waals surface area contributed by atoms with E-state index in [1.165, 1.54) is 6.92 Å². The van der Waals surface area contributed by atoms with E-state index in [0.717, 1.165) is 25.8 Å². The number of hydrogen-bond acceptors (Lipinski definition) is 4. The van der Waals surface area contributed by atoms with Gasteiger partial charge in [-0.25, -0.2) is 0 Å². The summed E-state index contributed by atoms with van der Waals surface area (Å²) in [6.45, 7) is 4.10. The van der Waals surface area contributed by atoms with Gasteiger partial charge in [-0.15, -0.1) is 0 Å². The fourth-order valence-corrected chi connectivity index (χ4v) is 2.99. The number of ketones is 1. The number of nitrogens with one attached hydrogen (secondary N) is 1. The predicted octanol–water partition coefficient (Wildman–Crippen LogP) is 2.31. The smallest absolute Gasteiger partial charge is 0.241 e. The number of Topliss-reactive ketones (excluding diaryl/α,β-unsaturated/α-hetero) is 1. The molecule has 3 atom stereocenters. The lowest BCUT2D eigenvalue weighted by Gasteiger charge is -2.27. The van der Waals surface area contributed by atoms with Crippen LogP contribution in [0.1, 0.15) is 43.5 Å². The van der Waals surface area contributed by atoms with Gasteiger partial charge < -0.3 is 10.4 Å². The van der Waals surface area contributed by atoms with Crippen LogP contribution in [-0.4, -0.2) is 47.4 Å². The molecule has 0 bridgehead atoms. The number of amides is 1. The zero-order chi connectivity index (χ0) is 17.0. The molecule has 0 heterocycles. The number of aliphatic hydroxyl groups excluding tert-OH is 1. The van der Waals surface area contributed by atoms with E-state index < -0.39 is 0 Å². The summed E-state index contributed by atoms with van der Waals surface area (Å²) in [7, 11) is 1.91. The fraction of sp³-hybridized carbons (Fsp3) is 0.556. The van der Waals surface area contributed by atoms with Crippen LogP contribution in [0, 0.1) is 5.92 Å². The SMILES string of the molecule is CC(=O)c1ccc(NC(=O)C(C)N(C)CC2CCCC2O)cc1. The van der Waals surface area contributed by atoms with E-state index in [9.17, 15) is 14.7 Å². The molecule has 126 valence electrons.